The molecule has 1 amide bonds. The lowest BCUT2D eigenvalue weighted by atomic mass is 9.94. The van der Waals surface area contributed by atoms with Crippen molar-refractivity contribution in [2.24, 2.45) is 0 Å². The summed E-state index contributed by atoms with van der Waals surface area (Å²) in [6.45, 7) is 1.71. The second-order valence-corrected chi connectivity index (χ2v) is 5.86. The van der Waals surface area contributed by atoms with Crippen LogP contribution in [0.5, 0.6) is 0 Å². The first-order valence-electron chi connectivity index (χ1n) is 7.87. The first-order valence-corrected chi connectivity index (χ1v) is 7.87. The summed E-state index contributed by atoms with van der Waals surface area (Å²) in [4.78, 5) is 18.3. The lowest BCUT2D eigenvalue weighted by molar-refractivity contribution is 0.0945. The Morgan fingerprint density at radius 2 is 2.14 bits per heavy atom. The lowest BCUT2D eigenvalue weighted by Gasteiger charge is -2.31. The Bertz CT molecular complexity index is 440. The number of carbonyl (C=O) groups is 1. The summed E-state index contributed by atoms with van der Waals surface area (Å²) >= 11 is 0. The summed E-state index contributed by atoms with van der Waals surface area (Å²) in [5, 5.41) is 2.91. The maximum absolute atomic E-state index is 11.9. The average Bonchev–Trinajstić information content (AvgIpc) is 2.52. The molecule has 1 heterocycles. The Balaban J connectivity index is 1.64. The van der Waals surface area contributed by atoms with E-state index in [-0.39, 0.29) is 5.91 Å². The number of hydrogen-bond acceptors (Lipinski definition) is 4. The normalized spacial score (nSPS) is 16.1. The van der Waals surface area contributed by atoms with E-state index in [9.17, 15) is 4.79 Å². The van der Waals surface area contributed by atoms with Gasteiger partial charge in [0.05, 0.1) is 11.9 Å². The third kappa shape index (κ3) is 5.01. The molecule has 0 unspecified atom stereocenters. The molecule has 1 aromatic rings. The van der Waals surface area contributed by atoms with Crippen LogP contribution in [0.2, 0.25) is 0 Å². The number of nitrogens with zero attached hydrogens (tertiary/aromatic N) is 2. The van der Waals surface area contributed by atoms with Crippen LogP contribution in [0.1, 0.15) is 49.0 Å². The van der Waals surface area contributed by atoms with Crippen molar-refractivity contribution < 1.29 is 4.79 Å². The number of nitrogens with two attached hydrogens (primary N) is 1. The van der Waals surface area contributed by atoms with Crippen LogP contribution in [0.4, 0.5) is 5.69 Å². The summed E-state index contributed by atoms with van der Waals surface area (Å²) in [6, 6.07) is 4.07. The molecule has 21 heavy (non-hydrogen) atoms. The highest BCUT2D eigenvalue weighted by Gasteiger charge is 2.17. The number of carbonyl (C=O) groups excluding carboxylic acids is 1. The van der Waals surface area contributed by atoms with Crippen molar-refractivity contribution in [3.8, 4) is 0 Å². The van der Waals surface area contributed by atoms with Crippen molar-refractivity contribution in [1.29, 1.82) is 0 Å². The SMILES string of the molecule is CN(CCCNC(=O)c1ccc(N)cn1)C1CCCCC1. The van der Waals surface area contributed by atoms with Gasteiger partial charge < -0.3 is 16.0 Å². The van der Waals surface area contributed by atoms with Crippen molar-refractivity contribution in [3.63, 3.8) is 0 Å². The maximum Gasteiger partial charge on any atom is 0.269 e. The predicted molar refractivity (Wildman–Crippen MR) is 85.1 cm³/mol. The van der Waals surface area contributed by atoms with E-state index in [1.807, 2.05) is 0 Å². The molecule has 5 nitrogen and oxygen atoms in total. The summed E-state index contributed by atoms with van der Waals surface area (Å²) in [6.07, 6.45) is 9.20. The second-order valence-electron chi connectivity index (χ2n) is 5.86. The summed E-state index contributed by atoms with van der Waals surface area (Å²) in [5.41, 5.74) is 6.54. The second kappa shape index (κ2) is 7.98. The topological polar surface area (TPSA) is 71.2 Å². The van der Waals surface area contributed by atoms with Crippen LogP contribution in [-0.2, 0) is 0 Å². The summed E-state index contributed by atoms with van der Waals surface area (Å²) in [5.74, 6) is -0.129. The fourth-order valence-electron chi connectivity index (χ4n) is 2.86. The van der Waals surface area contributed by atoms with Crippen LogP contribution < -0.4 is 11.1 Å². The molecular formula is C16H26N4O. The number of pyridine rings is 1. The highest BCUT2D eigenvalue weighted by molar-refractivity contribution is 5.92. The Labute approximate surface area is 126 Å². The number of amides is 1. The molecule has 1 fully saturated rings. The monoisotopic (exact) mass is 290 g/mol. The molecule has 2 rings (SSSR count). The molecule has 0 radical (unpaired) electrons. The van der Waals surface area contributed by atoms with Gasteiger partial charge in [-0.2, -0.15) is 0 Å². The molecule has 1 aliphatic rings. The van der Waals surface area contributed by atoms with Crippen molar-refractivity contribution in [2.45, 2.75) is 44.6 Å². The van der Waals surface area contributed by atoms with Gasteiger partial charge in [0.25, 0.3) is 5.91 Å². The van der Waals surface area contributed by atoms with E-state index in [1.165, 1.54) is 38.3 Å². The van der Waals surface area contributed by atoms with Gasteiger partial charge in [-0.3, -0.25) is 4.79 Å². The summed E-state index contributed by atoms with van der Waals surface area (Å²) < 4.78 is 0. The number of rotatable bonds is 6. The molecule has 1 saturated carbocycles. The Morgan fingerprint density at radius 3 is 2.81 bits per heavy atom. The zero-order chi connectivity index (χ0) is 15.1. The van der Waals surface area contributed by atoms with Gasteiger partial charge in [-0.25, -0.2) is 4.98 Å². The summed E-state index contributed by atoms with van der Waals surface area (Å²) in [7, 11) is 2.19. The number of aromatic nitrogens is 1. The molecule has 5 heteroatoms. The molecule has 0 atom stereocenters. The molecule has 116 valence electrons. The molecule has 1 aliphatic carbocycles. The van der Waals surface area contributed by atoms with E-state index in [0.29, 0.717) is 17.9 Å². The van der Waals surface area contributed by atoms with E-state index in [0.717, 1.165) is 19.0 Å². The van der Waals surface area contributed by atoms with Gasteiger partial charge in [0.1, 0.15) is 5.69 Å². The van der Waals surface area contributed by atoms with Crippen molar-refractivity contribution in [2.75, 3.05) is 25.9 Å². The predicted octanol–water partition coefficient (Wildman–Crippen LogP) is 2.05. The standard InChI is InChI=1S/C16H26N4O/c1-20(14-6-3-2-4-7-14)11-5-10-18-16(21)15-9-8-13(17)12-19-15/h8-9,12,14H,2-7,10-11,17H2,1H3,(H,18,21). The quantitative estimate of drug-likeness (QED) is 0.787. The Hall–Kier alpha value is -1.62. The van der Waals surface area contributed by atoms with Crippen molar-refractivity contribution in [1.82, 2.24) is 15.2 Å². The number of nitrogen functional groups attached to an aromatic ring is 1. The minimum Gasteiger partial charge on any atom is -0.397 e. The third-order valence-corrected chi connectivity index (χ3v) is 4.19. The van der Waals surface area contributed by atoms with Crippen molar-refractivity contribution >= 4 is 11.6 Å². The van der Waals surface area contributed by atoms with Gasteiger partial charge in [-0.05, 0) is 45.0 Å². The van der Waals surface area contributed by atoms with E-state index in [1.54, 1.807) is 12.1 Å². The molecule has 0 spiro atoms. The van der Waals surface area contributed by atoms with Gasteiger partial charge in [0.15, 0.2) is 0 Å². The molecule has 3 N–H and O–H groups in total. The van der Waals surface area contributed by atoms with Crippen LogP contribution in [0.15, 0.2) is 18.3 Å². The van der Waals surface area contributed by atoms with E-state index < -0.39 is 0 Å². The number of hydrogen-bond donors (Lipinski definition) is 2. The number of nitrogens with one attached hydrogen (secondary N) is 1. The number of anilines is 1. The first-order chi connectivity index (χ1) is 10.2. The van der Waals surface area contributed by atoms with Gasteiger partial charge in [-0.1, -0.05) is 19.3 Å². The zero-order valence-corrected chi connectivity index (χ0v) is 12.8. The van der Waals surface area contributed by atoms with E-state index >= 15 is 0 Å². The van der Waals surface area contributed by atoms with Crippen LogP contribution in [0.25, 0.3) is 0 Å². The van der Waals surface area contributed by atoms with E-state index in [2.05, 4.69) is 22.2 Å². The largest absolute Gasteiger partial charge is 0.397 e. The van der Waals surface area contributed by atoms with E-state index in [4.69, 9.17) is 5.73 Å². The third-order valence-electron chi connectivity index (χ3n) is 4.19. The fraction of sp³-hybridized carbons (Fsp3) is 0.625. The van der Waals surface area contributed by atoms with Crippen LogP contribution >= 0.6 is 0 Å². The maximum atomic E-state index is 11.9. The zero-order valence-electron chi connectivity index (χ0n) is 12.8. The smallest absolute Gasteiger partial charge is 0.269 e. The fourth-order valence-corrected chi connectivity index (χ4v) is 2.86. The minimum atomic E-state index is -0.129. The minimum absolute atomic E-state index is 0.129. The highest BCUT2D eigenvalue weighted by Crippen LogP contribution is 2.21. The lowest BCUT2D eigenvalue weighted by Crippen LogP contribution is -2.36. The Morgan fingerprint density at radius 1 is 1.38 bits per heavy atom. The van der Waals surface area contributed by atoms with Gasteiger partial charge in [0, 0.05) is 12.6 Å². The van der Waals surface area contributed by atoms with Crippen LogP contribution in [-0.4, -0.2) is 42.0 Å². The van der Waals surface area contributed by atoms with Gasteiger partial charge in [-0.15, -0.1) is 0 Å². The molecule has 0 aromatic carbocycles. The first kappa shape index (κ1) is 15.8. The highest BCUT2D eigenvalue weighted by atomic mass is 16.1. The molecule has 0 bridgehead atoms. The molecule has 0 saturated heterocycles. The van der Waals surface area contributed by atoms with Gasteiger partial charge >= 0.3 is 0 Å². The van der Waals surface area contributed by atoms with Crippen molar-refractivity contribution in [3.05, 3.63) is 24.0 Å². The van der Waals surface area contributed by atoms with Gasteiger partial charge in [0.2, 0.25) is 0 Å². The molecule has 0 aliphatic heterocycles. The molecule has 1 aromatic heterocycles. The Kier molecular flexibility index (Phi) is 5.99. The van der Waals surface area contributed by atoms with Crippen LogP contribution in [0, 0.1) is 0 Å². The average molecular weight is 290 g/mol. The molecular weight excluding hydrogens is 264 g/mol. The van der Waals surface area contributed by atoms with Crippen LogP contribution in [0.3, 0.4) is 0 Å².